The number of benzene rings is 1. The molecule has 0 N–H and O–H groups in total. The number of aromatic nitrogens is 1. The molecule has 3 aromatic rings. The van der Waals surface area contributed by atoms with Crippen molar-refractivity contribution in [3.63, 3.8) is 0 Å². The number of aryl methyl sites for hydroxylation is 2. The third-order valence-corrected chi connectivity index (χ3v) is 6.02. The minimum absolute atomic E-state index is 0.136. The predicted molar refractivity (Wildman–Crippen MR) is 118 cm³/mol. The van der Waals surface area contributed by atoms with Gasteiger partial charge in [0, 0.05) is 17.5 Å². The van der Waals surface area contributed by atoms with Crippen LogP contribution in [0.5, 0.6) is 0 Å². The van der Waals surface area contributed by atoms with E-state index in [9.17, 15) is 4.79 Å². The fourth-order valence-corrected chi connectivity index (χ4v) is 4.65. The SMILES string of the molecule is CC=C(C(=O)c1cc2ccsc2n1CCC)c1ccccc1CCCCC. The van der Waals surface area contributed by atoms with Gasteiger partial charge < -0.3 is 4.57 Å². The molecule has 0 aliphatic heterocycles. The molecule has 1 aromatic carbocycles. The molecule has 142 valence electrons. The largest absolute Gasteiger partial charge is 0.330 e. The summed E-state index contributed by atoms with van der Waals surface area (Å²) in [5, 5.41) is 3.27. The Bertz CT molecular complexity index is 944. The number of unbranched alkanes of at least 4 members (excludes halogenated alkanes) is 2. The van der Waals surface area contributed by atoms with E-state index >= 15 is 0 Å². The molecule has 0 unspecified atom stereocenters. The van der Waals surface area contributed by atoms with Crippen molar-refractivity contribution >= 4 is 32.9 Å². The summed E-state index contributed by atoms with van der Waals surface area (Å²) in [6.07, 6.45) is 7.63. The topological polar surface area (TPSA) is 22.0 Å². The van der Waals surface area contributed by atoms with E-state index in [2.05, 4.69) is 54.1 Å². The maximum atomic E-state index is 13.5. The quantitative estimate of drug-likeness (QED) is 0.220. The molecular weight excluding hydrogens is 350 g/mol. The van der Waals surface area contributed by atoms with Gasteiger partial charge in [-0.15, -0.1) is 11.3 Å². The number of allylic oxidation sites excluding steroid dienone is 2. The summed E-state index contributed by atoms with van der Waals surface area (Å²) in [4.78, 5) is 14.7. The monoisotopic (exact) mass is 379 g/mol. The summed E-state index contributed by atoms with van der Waals surface area (Å²) in [6.45, 7) is 7.24. The number of rotatable bonds is 9. The molecule has 0 saturated heterocycles. The van der Waals surface area contributed by atoms with Gasteiger partial charge in [0.2, 0.25) is 5.78 Å². The van der Waals surface area contributed by atoms with Gasteiger partial charge >= 0.3 is 0 Å². The van der Waals surface area contributed by atoms with Crippen molar-refractivity contribution in [3.8, 4) is 0 Å². The van der Waals surface area contributed by atoms with Gasteiger partial charge in [0.05, 0.1) is 5.69 Å². The Morgan fingerprint density at radius 3 is 2.67 bits per heavy atom. The predicted octanol–water partition coefficient (Wildman–Crippen LogP) is 7.13. The molecule has 0 aliphatic rings. The summed E-state index contributed by atoms with van der Waals surface area (Å²) < 4.78 is 2.20. The van der Waals surface area contributed by atoms with Crippen LogP contribution in [0.2, 0.25) is 0 Å². The first-order valence-corrected chi connectivity index (χ1v) is 10.9. The maximum Gasteiger partial charge on any atom is 0.209 e. The fraction of sp³-hybridized carbons (Fsp3) is 0.375. The van der Waals surface area contributed by atoms with Crippen LogP contribution in [-0.4, -0.2) is 10.4 Å². The van der Waals surface area contributed by atoms with Gasteiger partial charge in [0.25, 0.3) is 0 Å². The maximum absolute atomic E-state index is 13.5. The van der Waals surface area contributed by atoms with E-state index in [1.807, 2.05) is 19.1 Å². The van der Waals surface area contributed by atoms with Crippen LogP contribution in [0.25, 0.3) is 15.8 Å². The number of fused-ring (bicyclic) bond motifs is 1. The lowest BCUT2D eigenvalue weighted by atomic mass is 9.92. The Morgan fingerprint density at radius 1 is 1.11 bits per heavy atom. The Balaban J connectivity index is 1.99. The molecule has 0 atom stereocenters. The van der Waals surface area contributed by atoms with E-state index in [-0.39, 0.29) is 5.78 Å². The summed E-state index contributed by atoms with van der Waals surface area (Å²) in [6, 6.07) is 12.6. The van der Waals surface area contributed by atoms with Crippen molar-refractivity contribution in [1.29, 1.82) is 0 Å². The number of thiophene rings is 1. The van der Waals surface area contributed by atoms with Crippen molar-refractivity contribution in [2.45, 2.75) is 59.4 Å². The Labute approximate surface area is 166 Å². The molecule has 0 aliphatic carbocycles. The molecule has 0 bridgehead atoms. The molecule has 2 nitrogen and oxygen atoms in total. The molecule has 3 heteroatoms. The van der Waals surface area contributed by atoms with Gasteiger partial charge in [-0.05, 0) is 54.8 Å². The lowest BCUT2D eigenvalue weighted by Gasteiger charge is -2.14. The Morgan fingerprint density at radius 2 is 1.93 bits per heavy atom. The summed E-state index contributed by atoms with van der Waals surface area (Å²) in [5.41, 5.74) is 4.01. The van der Waals surface area contributed by atoms with E-state index in [0.29, 0.717) is 0 Å². The third-order valence-electron chi connectivity index (χ3n) is 5.07. The number of hydrogen-bond donors (Lipinski definition) is 0. The summed E-state index contributed by atoms with van der Waals surface area (Å²) in [7, 11) is 0. The van der Waals surface area contributed by atoms with Crippen LogP contribution >= 0.6 is 11.3 Å². The number of carbonyl (C=O) groups excluding carboxylic acids is 1. The molecule has 3 rings (SSSR count). The fourth-order valence-electron chi connectivity index (χ4n) is 3.72. The highest BCUT2D eigenvalue weighted by molar-refractivity contribution is 7.16. The van der Waals surface area contributed by atoms with E-state index in [1.54, 1.807) is 11.3 Å². The summed E-state index contributed by atoms with van der Waals surface area (Å²) >= 11 is 1.72. The second kappa shape index (κ2) is 9.18. The van der Waals surface area contributed by atoms with Crippen LogP contribution in [0.1, 0.15) is 68.1 Å². The molecule has 27 heavy (non-hydrogen) atoms. The number of Topliss-reactive ketones (excluding diaryl/α,β-unsaturated/α-hetero) is 1. The van der Waals surface area contributed by atoms with Crippen molar-refractivity contribution in [2.24, 2.45) is 0 Å². The minimum atomic E-state index is 0.136. The molecule has 2 aromatic heterocycles. The van der Waals surface area contributed by atoms with Crippen LogP contribution in [0.4, 0.5) is 0 Å². The van der Waals surface area contributed by atoms with Crippen LogP contribution in [0.3, 0.4) is 0 Å². The normalized spacial score (nSPS) is 12.0. The molecule has 0 radical (unpaired) electrons. The smallest absolute Gasteiger partial charge is 0.209 e. The molecule has 2 heterocycles. The Hall–Kier alpha value is -2.13. The summed E-state index contributed by atoms with van der Waals surface area (Å²) in [5.74, 6) is 0.136. The van der Waals surface area contributed by atoms with E-state index in [0.717, 1.165) is 36.2 Å². The molecule has 0 saturated carbocycles. The van der Waals surface area contributed by atoms with Crippen molar-refractivity contribution < 1.29 is 4.79 Å². The second-order valence-electron chi connectivity index (χ2n) is 7.01. The first-order chi connectivity index (χ1) is 13.2. The number of ketones is 1. The van der Waals surface area contributed by atoms with Gasteiger partial charge in [-0.2, -0.15) is 0 Å². The van der Waals surface area contributed by atoms with Crippen molar-refractivity contribution in [3.05, 3.63) is 64.7 Å². The van der Waals surface area contributed by atoms with E-state index in [4.69, 9.17) is 0 Å². The van der Waals surface area contributed by atoms with Crippen LogP contribution in [0.15, 0.2) is 47.9 Å². The van der Waals surface area contributed by atoms with Crippen LogP contribution < -0.4 is 0 Å². The first kappa shape index (κ1) is 19.6. The minimum Gasteiger partial charge on any atom is -0.330 e. The van der Waals surface area contributed by atoms with Crippen molar-refractivity contribution in [2.75, 3.05) is 0 Å². The van der Waals surface area contributed by atoms with E-state index < -0.39 is 0 Å². The molecule has 0 amide bonds. The Kier molecular flexibility index (Phi) is 6.68. The second-order valence-corrected chi connectivity index (χ2v) is 7.90. The van der Waals surface area contributed by atoms with Crippen LogP contribution in [0, 0.1) is 0 Å². The lowest BCUT2D eigenvalue weighted by molar-refractivity contribution is 0.104. The number of carbonyl (C=O) groups is 1. The molecular formula is C24H29NOS. The highest BCUT2D eigenvalue weighted by Crippen LogP contribution is 2.30. The van der Waals surface area contributed by atoms with E-state index in [1.165, 1.54) is 35.0 Å². The van der Waals surface area contributed by atoms with Gasteiger partial charge in [-0.1, -0.05) is 57.0 Å². The third kappa shape index (κ3) is 4.08. The van der Waals surface area contributed by atoms with Gasteiger partial charge in [0.1, 0.15) is 4.83 Å². The van der Waals surface area contributed by atoms with Crippen LogP contribution in [-0.2, 0) is 13.0 Å². The first-order valence-electron chi connectivity index (χ1n) is 10.1. The van der Waals surface area contributed by atoms with Crippen molar-refractivity contribution in [1.82, 2.24) is 4.57 Å². The zero-order chi connectivity index (χ0) is 19.2. The zero-order valence-corrected chi connectivity index (χ0v) is 17.4. The van der Waals surface area contributed by atoms with Gasteiger partial charge in [-0.3, -0.25) is 4.79 Å². The number of nitrogens with zero attached hydrogens (tertiary/aromatic N) is 1. The lowest BCUT2D eigenvalue weighted by Crippen LogP contribution is -2.11. The average Bonchev–Trinajstić information content (AvgIpc) is 3.26. The molecule has 0 fully saturated rings. The molecule has 0 spiro atoms. The number of hydrogen-bond acceptors (Lipinski definition) is 2. The highest BCUT2D eigenvalue weighted by atomic mass is 32.1. The average molecular weight is 380 g/mol. The highest BCUT2D eigenvalue weighted by Gasteiger charge is 2.21. The zero-order valence-electron chi connectivity index (χ0n) is 16.6. The van der Waals surface area contributed by atoms with Gasteiger partial charge in [0.15, 0.2) is 0 Å². The standard InChI is InChI=1S/C24H29NOS/c1-4-7-8-11-18-12-9-10-13-21(18)20(6-3)23(26)22-17-19-14-16-27-24(19)25(22)15-5-2/h6,9-10,12-14,16-17H,4-5,7-8,11,15H2,1-3H3. The van der Waals surface area contributed by atoms with Gasteiger partial charge in [-0.25, -0.2) is 0 Å².